The van der Waals surface area contributed by atoms with Crippen LogP contribution in [0.4, 0.5) is 17.6 Å². The number of hydrogen-bond acceptors (Lipinski definition) is 9. The zero-order valence-electron chi connectivity index (χ0n) is 25.1. The van der Waals surface area contributed by atoms with Gasteiger partial charge in [0.1, 0.15) is 23.6 Å². The van der Waals surface area contributed by atoms with Gasteiger partial charge in [0.2, 0.25) is 5.91 Å². The SMILES string of the molecule is CCC(=O)CCCOCCOCC(COCCOCCCC(=O)CC)OCCOCCNC(=O)C(C)C(F)(F)C(F)F. The molecule has 0 heterocycles. The summed E-state index contributed by atoms with van der Waals surface area (Å²) in [7, 11) is 0. The number of halogens is 4. The standard InChI is InChI=1S/C28H49F4NO9/c1-4-23(34)8-6-11-37-14-16-40-20-25(21-41-17-15-38-12-7-9-24(35)5-2)42-19-18-39-13-10-33-26(36)22(3)28(31,32)27(29)30/h22,25,27H,4-21H2,1-3H3,(H,33,36). The lowest BCUT2D eigenvalue weighted by Crippen LogP contribution is -2.44. The summed E-state index contributed by atoms with van der Waals surface area (Å²) in [6.45, 7) is 7.22. The molecule has 0 saturated heterocycles. The van der Waals surface area contributed by atoms with Crippen LogP contribution in [0.3, 0.4) is 0 Å². The van der Waals surface area contributed by atoms with Crippen molar-refractivity contribution in [2.45, 2.75) is 77.7 Å². The molecular formula is C28H49F4NO9. The van der Waals surface area contributed by atoms with E-state index in [-0.39, 0.29) is 51.1 Å². The average Bonchev–Trinajstić information content (AvgIpc) is 2.97. The van der Waals surface area contributed by atoms with Crippen LogP contribution in [0, 0.1) is 5.92 Å². The van der Waals surface area contributed by atoms with Crippen LogP contribution >= 0.6 is 0 Å². The smallest absolute Gasteiger partial charge is 0.318 e. The summed E-state index contributed by atoms with van der Waals surface area (Å²) in [6.07, 6.45) is -1.02. The van der Waals surface area contributed by atoms with E-state index in [2.05, 4.69) is 5.32 Å². The third-order valence-corrected chi connectivity index (χ3v) is 6.02. The van der Waals surface area contributed by atoms with Crippen molar-refractivity contribution in [1.29, 1.82) is 0 Å². The molecule has 0 aliphatic carbocycles. The topological polar surface area (TPSA) is 119 Å². The normalized spacial score (nSPS) is 12.7. The molecule has 14 heteroatoms. The molecule has 0 saturated carbocycles. The van der Waals surface area contributed by atoms with Gasteiger partial charge < -0.3 is 33.7 Å². The van der Waals surface area contributed by atoms with Crippen molar-refractivity contribution in [2.75, 3.05) is 79.2 Å². The van der Waals surface area contributed by atoms with Gasteiger partial charge in [-0.25, -0.2) is 8.78 Å². The van der Waals surface area contributed by atoms with Gasteiger partial charge in [0.15, 0.2) is 0 Å². The van der Waals surface area contributed by atoms with E-state index >= 15 is 0 Å². The summed E-state index contributed by atoms with van der Waals surface area (Å²) < 4.78 is 84.5. The van der Waals surface area contributed by atoms with Gasteiger partial charge >= 0.3 is 12.3 Å². The first kappa shape index (κ1) is 40.3. The van der Waals surface area contributed by atoms with Crippen molar-refractivity contribution in [2.24, 2.45) is 5.92 Å². The maximum Gasteiger partial charge on any atom is 0.318 e. The van der Waals surface area contributed by atoms with Gasteiger partial charge in [-0.05, 0) is 19.8 Å². The first-order valence-corrected chi connectivity index (χ1v) is 14.5. The van der Waals surface area contributed by atoms with Crippen molar-refractivity contribution < 1.29 is 60.4 Å². The molecular weight excluding hydrogens is 570 g/mol. The number of ketones is 2. The number of ether oxygens (including phenoxy) is 6. The molecule has 0 aromatic heterocycles. The van der Waals surface area contributed by atoms with E-state index in [0.29, 0.717) is 78.2 Å². The molecule has 0 aromatic rings. The molecule has 1 atom stereocenters. The number of nitrogens with one attached hydrogen (secondary N) is 1. The van der Waals surface area contributed by atoms with Gasteiger partial charge in [0.25, 0.3) is 0 Å². The van der Waals surface area contributed by atoms with Crippen LogP contribution in [0.1, 0.15) is 59.3 Å². The fourth-order valence-corrected chi connectivity index (χ4v) is 3.25. The van der Waals surface area contributed by atoms with Crippen molar-refractivity contribution in [1.82, 2.24) is 5.32 Å². The Kier molecular flexibility index (Phi) is 24.7. The van der Waals surface area contributed by atoms with Crippen molar-refractivity contribution in [3.8, 4) is 0 Å². The summed E-state index contributed by atoms with van der Waals surface area (Å²) >= 11 is 0. The third-order valence-electron chi connectivity index (χ3n) is 6.02. The van der Waals surface area contributed by atoms with E-state index in [1.165, 1.54) is 0 Å². The Labute approximate surface area is 246 Å². The van der Waals surface area contributed by atoms with Crippen LogP contribution in [0.15, 0.2) is 0 Å². The Morgan fingerprint density at radius 1 is 0.690 bits per heavy atom. The molecule has 0 radical (unpaired) electrons. The molecule has 42 heavy (non-hydrogen) atoms. The Morgan fingerprint density at radius 2 is 1.14 bits per heavy atom. The number of carbonyl (C=O) groups excluding carboxylic acids is 3. The quantitative estimate of drug-likeness (QED) is 0.0950. The van der Waals surface area contributed by atoms with Crippen LogP contribution in [0.2, 0.25) is 0 Å². The van der Waals surface area contributed by atoms with Crippen LogP contribution in [0.5, 0.6) is 0 Å². The van der Waals surface area contributed by atoms with E-state index < -0.39 is 30.3 Å². The summed E-state index contributed by atoms with van der Waals surface area (Å²) in [5.41, 5.74) is 0. The van der Waals surface area contributed by atoms with E-state index in [9.17, 15) is 31.9 Å². The van der Waals surface area contributed by atoms with Gasteiger partial charge in [0, 0.05) is 45.4 Å². The largest absolute Gasteiger partial charge is 0.379 e. The molecule has 1 amide bonds. The highest BCUT2D eigenvalue weighted by Gasteiger charge is 2.49. The fourth-order valence-electron chi connectivity index (χ4n) is 3.25. The number of amides is 1. The van der Waals surface area contributed by atoms with Crippen LogP contribution < -0.4 is 5.32 Å². The van der Waals surface area contributed by atoms with E-state index in [1.54, 1.807) is 0 Å². The Bertz CT molecular complexity index is 685. The van der Waals surface area contributed by atoms with Gasteiger partial charge in [-0.1, -0.05) is 13.8 Å². The molecule has 0 aliphatic rings. The van der Waals surface area contributed by atoms with Crippen molar-refractivity contribution in [3.05, 3.63) is 0 Å². The van der Waals surface area contributed by atoms with Gasteiger partial charge in [0.05, 0.1) is 59.5 Å². The minimum Gasteiger partial charge on any atom is -0.379 e. The lowest BCUT2D eigenvalue weighted by Gasteiger charge is -2.22. The van der Waals surface area contributed by atoms with E-state index in [1.807, 2.05) is 13.8 Å². The monoisotopic (exact) mass is 619 g/mol. The minimum atomic E-state index is -4.42. The molecule has 1 unspecified atom stereocenters. The molecule has 0 rings (SSSR count). The molecule has 0 fully saturated rings. The third kappa shape index (κ3) is 21.1. The van der Waals surface area contributed by atoms with Crippen LogP contribution in [0.25, 0.3) is 0 Å². The first-order chi connectivity index (χ1) is 20.1. The van der Waals surface area contributed by atoms with Gasteiger partial charge in [-0.3, -0.25) is 14.4 Å². The summed E-state index contributed by atoms with van der Waals surface area (Å²) in [5.74, 6) is -7.38. The molecule has 1 N–H and O–H groups in total. The van der Waals surface area contributed by atoms with E-state index in [0.717, 1.165) is 6.92 Å². The molecule has 0 bridgehead atoms. The van der Waals surface area contributed by atoms with Crippen LogP contribution in [-0.4, -0.2) is 115 Å². The van der Waals surface area contributed by atoms with Gasteiger partial charge in [-0.2, -0.15) is 8.78 Å². The van der Waals surface area contributed by atoms with Gasteiger partial charge in [-0.15, -0.1) is 0 Å². The predicted molar refractivity (Wildman–Crippen MR) is 146 cm³/mol. The highest BCUT2D eigenvalue weighted by atomic mass is 19.3. The molecule has 248 valence electrons. The summed E-state index contributed by atoms with van der Waals surface area (Å²) in [4.78, 5) is 34.3. The average molecular weight is 620 g/mol. The Hall–Kier alpha value is -1.71. The van der Waals surface area contributed by atoms with Crippen LogP contribution in [-0.2, 0) is 42.8 Å². The highest BCUT2D eigenvalue weighted by molar-refractivity contribution is 5.79. The number of Topliss-reactive ketones (excluding diaryl/α,β-unsaturated/α-hetero) is 2. The number of alkyl halides is 4. The van der Waals surface area contributed by atoms with Crippen molar-refractivity contribution >= 4 is 17.5 Å². The minimum absolute atomic E-state index is 0.0257. The Morgan fingerprint density at radius 3 is 1.62 bits per heavy atom. The molecule has 0 aliphatic heterocycles. The number of rotatable bonds is 30. The second-order valence-corrected chi connectivity index (χ2v) is 9.46. The lowest BCUT2D eigenvalue weighted by molar-refractivity contribution is -0.172. The number of hydrogen-bond donors (Lipinski definition) is 1. The predicted octanol–water partition coefficient (Wildman–Crippen LogP) is 3.63. The maximum atomic E-state index is 13.3. The second kappa shape index (κ2) is 25.8. The first-order valence-electron chi connectivity index (χ1n) is 14.5. The Balaban J connectivity index is 4.23. The number of carbonyl (C=O) groups is 3. The maximum absolute atomic E-state index is 13.3. The zero-order chi connectivity index (χ0) is 31.6. The summed E-state index contributed by atoms with van der Waals surface area (Å²) in [5, 5.41) is 2.15. The van der Waals surface area contributed by atoms with Crippen molar-refractivity contribution in [3.63, 3.8) is 0 Å². The van der Waals surface area contributed by atoms with E-state index in [4.69, 9.17) is 28.4 Å². The lowest BCUT2D eigenvalue weighted by atomic mass is 10.0. The molecule has 10 nitrogen and oxygen atoms in total. The second-order valence-electron chi connectivity index (χ2n) is 9.46. The molecule has 0 aromatic carbocycles. The zero-order valence-corrected chi connectivity index (χ0v) is 25.1. The molecule has 0 spiro atoms. The summed E-state index contributed by atoms with van der Waals surface area (Å²) in [6, 6.07) is 0. The highest BCUT2D eigenvalue weighted by Crippen LogP contribution is 2.31. The fraction of sp³-hybridized carbons (Fsp3) is 0.893.